The number of ether oxygens (including phenoxy) is 1. The SMILES string of the molecule is CNC(=O)c1cccc2cccc(Sc3ccccc3COC(=O)c3ccc(C)cc3)c12. The van der Waals surface area contributed by atoms with E-state index in [1.807, 2.05) is 79.7 Å². The van der Waals surface area contributed by atoms with Crippen LogP contribution in [0.4, 0.5) is 0 Å². The van der Waals surface area contributed by atoms with E-state index < -0.39 is 0 Å². The predicted octanol–water partition coefficient (Wildman–Crippen LogP) is 6.02. The largest absolute Gasteiger partial charge is 0.457 e. The number of esters is 1. The van der Waals surface area contributed by atoms with Gasteiger partial charge >= 0.3 is 5.97 Å². The van der Waals surface area contributed by atoms with Gasteiger partial charge in [-0.1, -0.05) is 71.9 Å². The summed E-state index contributed by atoms with van der Waals surface area (Å²) in [7, 11) is 1.63. The highest BCUT2D eigenvalue weighted by molar-refractivity contribution is 7.99. The molecule has 0 heterocycles. The topological polar surface area (TPSA) is 55.4 Å². The minimum atomic E-state index is -0.350. The summed E-state index contributed by atoms with van der Waals surface area (Å²) >= 11 is 1.56. The highest BCUT2D eigenvalue weighted by atomic mass is 32.2. The number of nitrogens with one attached hydrogen (secondary N) is 1. The van der Waals surface area contributed by atoms with Gasteiger partial charge in [0.25, 0.3) is 5.91 Å². The molecule has 0 aliphatic rings. The number of benzene rings is 4. The summed E-state index contributed by atoms with van der Waals surface area (Å²) in [5.41, 5.74) is 3.17. The Hall–Kier alpha value is -3.57. The van der Waals surface area contributed by atoms with Crippen molar-refractivity contribution in [2.24, 2.45) is 0 Å². The lowest BCUT2D eigenvalue weighted by Crippen LogP contribution is -2.18. The van der Waals surface area contributed by atoms with Crippen molar-refractivity contribution in [3.05, 3.63) is 107 Å². The molecule has 160 valence electrons. The highest BCUT2D eigenvalue weighted by Crippen LogP contribution is 2.37. The molecule has 0 radical (unpaired) electrons. The summed E-state index contributed by atoms with van der Waals surface area (Å²) in [5.74, 6) is -0.471. The average molecular weight is 442 g/mol. The van der Waals surface area contributed by atoms with Crippen LogP contribution in [0.15, 0.2) is 94.7 Å². The molecule has 4 rings (SSSR count). The lowest BCUT2D eigenvalue weighted by atomic mass is 10.0. The molecule has 0 fully saturated rings. The zero-order valence-electron chi connectivity index (χ0n) is 17.9. The van der Waals surface area contributed by atoms with Gasteiger partial charge in [-0.3, -0.25) is 4.79 Å². The fraction of sp³-hybridized carbons (Fsp3) is 0.111. The molecule has 32 heavy (non-hydrogen) atoms. The first kappa shape index (κ1) is 21.7. The van der Waals surface area contributed by atoms with Gasteiger partial charge in [0.1, 0.15) is 6.61 Å². The van der Waals surface area contributed by atoms with Gasteiger partial charge in [-0.05, 0) is 42.6 Å². The van der Waals surface area contributed by atoms with Crippen LogP contribution in [0, 0.1) is 6.92 Å². The molecule has 1 amide bonds. The van der Waals surface area contributed by atoms with Crippen LogP contribution >= 0.6 is 11.8 Å². The molecule has 0 unspecified atom stereocenters. The molecule has 0 aliphatic carbocycles. The Morgan fingerprint density at radius 2 is 1.53 bits per heavy atom. The fourth-order valence-electron chi connectivity index (χ4n) is 3.47. The molecule has 0 atom stereocenters. The van der Waals surface area contributed by atoms with Gasteiger partial charge in [0.05, 0.1) is 5.56 Å². The van der Waals surface area contributed by atoms with Gasteiger partial charge < -0.3 is 10.1 Å². The first-order valence-corrected chi connectivity index (χ1v) is 11.1. The van der Waals surface area contributed by atoms with Crippen LogP contribution in [-0.4, -0.2) is 18.9 Å². The van der Waals surface area contributed by atoms with Gasteiger partial charge in [-0.2, -0.15) is 0 Å². The van der Waals surface area contributed by atoms with Gasteiger partial charge in [0.15, 0.2) is 0 Å². The number of rotatable bonds is 6. The van der Waals surface area contributed by atoms with Crippen molar-refractivity contribution in [3.8, 4) is 0 Å². The summed E-state index contributed by atoms with van der Waals surface area (Å²) in [4.78, 5) is 26.9. The quantitative estimate of drug-likeness (QED) is 0.372. The van der Waals surface area contributed by atoms with E-state index in [4.69, 9.17) is 4.74 Å². The molecular formula is C27H23NO3S. The number of hydrogen-bond acceptors (Lipinski definition) is 4. The normalized spacial score (nSPS) is 10.7. The van der Waals surface area contributed by atoms with Crippen molar-refractivity contribution in [1.29, 1.82) is 0 Å². The van der Waals surface area contributed by atoms with Gasteiger partial charge in [-0.25, -0.2) is 4.79 Å². The zero-order valence-corrected chi connectivity index (χ0v) is 18.7. The third-order valence-electron chi connectivity index (χ3n) is 5.18. The summed E-state index contributed by atoms with van der Waals surface area (Å²) in [6.45, 7) is 2.15. The second-order valence-electron chi connectivity index (χ2n) is 7.39. The van der Waals surface area contributed by atoms with E-state index in [0.717, 1.165) is 31.7 Å². The Labute approximate surface area is 191 Å². The first-order valence-electron chi connectivity index (χ1n) is 10.3. The van der Waals surface area contributed by atoms with Crippen LogP contribution < -0.4 is 5.32 Å². The third-order valence-corrected chi connectivity index (χ3v) is 6.36. The zero-order chi connectivity index (χ0) is 22.5. The maximum atomic E-state index is 12.5. The Kier molecular flexibility index (Phi) is 6.57. The standard InChI is InChI=1S/C27H23NO3S/c1-18-13-15-20(16-14-18)27(30)31-17-21-7-3-4-11-23(21)32-24-12-6-9-19-8-5-10-22(25(19)24)26(29)28-2/h3-16H,17H2,1-2H3,(H,28,29). The molecule has 0 saturated heterocycles. The number of hydrogen-bond donors (Lipinski definition) is 1. The van der Waals surface area contributed by atoms with Crippen LogP contribution in [-0.2, 0) is 11.3 Å². The van der Waals surface area contributed by atoms with E-state index in [0.29, 0.717) is 11.1 Å². The first-order chi connectivity index (χ1) is 15.6. The summed E-state index contributed by atoms with van der Waals surface area (Å²) < 4.78 is 5.58. The molecule has 0 aromatic heterocycles. The molecule has 0 aliphatic heterocycles. The average Bonchev–Trinajstić information content (AvgIpc) is 2.83. The Morgan fingerprint density at radius 3 is 2.28 bits per heavy atom. The molecule has 0 bridgehead atoms. The smallest absolute Gasteiger partial charge is 0.338 e. The Morgan fingerprint density at radius 1 is 0.844 bits per heavy atom. The number of amides is 1. The van der Waals surface area contributed by atoms with Gasteiger partial charge in [0.2, 0.25) is 0 Å². The van der Waals surface area contributed by atoms with E-state index >= 15 is 0 Å². The van der Waals surface area contributed by atoms with Crippen molar-refractivity contribution in [2.75, 3.05) is 7.05 Å². The van der Waals surface area contributed by atoms with E-state index in [1.54, 1.807) is 30.9 Å². The molecule has 5 heteroatoms. The van der Waals surface area contributed by atoms with Crippen molar-refractivity contribution >= 4 is 34.4 Å². The molecule has 4 aromatic rings. The second kappa shape index (κ2) is 9.71. The predicted molar refractivity (Wildman–Crippen MR) is 128 cm³/mol. The summed E-state index contributed by atoms with van der Waals surface area (Å²) in [6, 6.07) is 26.9. The molecule has 0 saturated carbocycles. The summed E-state index contributed by atoms with van der Waals surface area (Å²) in [6.07, 6.45) is 0. The minimum absolute atomic E-state index is 0.121. The van der Waals surface area contributed by atoms with Crippen LogP contribution in [0.25, 0.3) is 10.8 Å². The van der Waals surface area contributed by atoms with Gasteiger partial charge in [0, 0.05) is 33.4 Å². The van der Waals surface area contributed by atoms with E-state index in [2.05, 4.69) is 5.32 Å². The molecule has 4 nitrogen and oxygen atoms in total. The maximum Gasteiger partial charge on any atom is 0.338 e. The number of fused-ring (bicyclic) bond motifs is 1. The lowest BCUT2D eigenvalue weighted by Gasteiger charge is -2.13. The molecule has 1 N–H and O–H groups in total. The number of carbonyl (C=O) groups excluding carboxylic acids is 2. The fourth-order valence-corrected chi connectivity index (χ4v) is 4.59. The highest BCUT2D eigenvalue weighted by Gasteiger charge is 2.15. The third kappa shape index (κ3) is 4.68. The number of carbonyl (C=O) groups is 2. The molecular weight excluding hydrogens is 418 g/mol. The summed E-state index contributed by atoms with van der Waals surface area (Å²) in [5, 5.41) is 4.63. The van der Waals surface area contributed by atoms with Crippen LogP contribution in [0.5, 0.6) is 0 Å². The van der Waals surface area contributed by atoms with Crippen molar-refractivity contribution < 1.29 is 14.3 Å². The lowest BCUT2D eigenvalue weighted by molar-refractivity contribution is 0.0469. The van der Waals surface area contributed by atoms with E-state index in [1.165, 1.54) is 0 Å². The van der Waals surface area contributed by atoms with Crippen molar-refractivity contribution in [1.82, 2.24) is 5.32 Å². The monoisotopic (exact) mass is 441 g/mol. The number of aryl methyl sites for hydroxylation is 1. The maximum absolute atomic E-state index is 12.5. The van der Waals surface area contributed by atoms with Crippen LogP contribution in [0.1, 0.15) is 31.8 Å². The minimum Gasteiger partial charge on any atom is -0.457 e. The van der Waals surface area contributed by atoms with E-state index in [-0.39, 0.29) is 18.5 Å². The van der Waals surface area contributed by atoms with Crippen molar-refractivity contribution in [2.45, 2.75) is 23.3 Å². The van der Waals surface area contributed by atoms with Gasteiger partial charge in [-0.15, -0.1) is 0 Å². The molecule has 4 aromatic carbocycles. The Bertz CT molecular complexity index is 1280. The molecule has 0 spiro atoms. The second-order valence-corrected chi connectivity index (χ2v) is 8.47. The Balaban J connectivity index is 1.61. The van der Waals surface area contributed by atoms with Crippen molar-refractivity contribution in [3.63, 3.8) is 0 Å². The van der Waals surface area contributed by atoms with Crippen LogP contribution in [0.3, 0.4) is 0 Å². The van der Waals surface area contributed by atoms with E-state index in [9.17, 15) is 9.59 Å². The van der Waals surface area contributed by atoms with Crippen LogP contribution in [0.2, 0.25) is 0 Å².